The first-order valence-corrected chi connectivity index (χ1v) is 10.7. The van der Waals surface area contributed by atoms with Gasteiger partial charge in [-0.05, 0) is 24.6 Å². The summed E-state index contributed by atoms with van der Waals surface area (Å²) in [6, 6.07) is 4.93. The number of hydrogen-bond acceptors (Lipinski definition) is 2. The van der Waals surface area contributed by atoms with Crippen molar-refractivity contribution in [3.63, 3.8) is 0 Å². The average Bonchev–Trinajstić information content (AvgIpc) is 2.56. The molecule has 2 N–H and O–H groups in total. The Morgan fingerprint density at radius 2 is 1.62 bits per heavy atom. The molecule has 0 bridgehead atoms. The molecule has 148 valence electrons. The van der Waals surface area contributed by atoms with Crippen molar-refractivity contribution in [2.75, 3.05) is 5.32 Å². The molecule has 3 nitrogen and oxygen atoms in total. The number of hydrogen-bond donors (Lipinski definition) is 2. The maximum atomic E-state index is 12.2. The van der Waals surface area contributed by atoms with Gasteiger partial charge in [-0.25, -0.2) is 0 Å². The fourth-order valence-corrected chi connectivity index (χ4v) is 3.05. The van der Waals surface area contributed by atoms with Gasteiger partial charge in [0, 0.05) is 12.1 Å². The van der Waals surface area contributed by atoms with Crippen molar-refractivity contribution < 1.29 is 4.79 Å². The zero-order valence-corrected chi connectivity index (χ0v) is 18.5. The van der Waals surface area contributed by atoms with Gasteiger partial charge in [0.2, 0.25) is 9.70 Å². The van der Waals surface area contributed by atoms with Crippen LogP contribution in [0.25, 0.3) is 0 Å². The zero-order chi connectivity index (χ0) is 19.6. The quantitative estimate of drug-likeness (QED) is 0.205. The van der Waals surface area contributed by atoms with Crippen molar-refractivity contribution in [2.24, 2.45) is 0 Å². The summed E-state index contributed by atoms with van der Waals surface area (Å²) in [6.45, 7) is 2.19. The number of anilines is 1. The normalized spacial score (nSPS) is 12.7. The summed E-state index contributed by atoms with van der Waals surface area (Å²) >= 11 is 29.9. The lowest BCUT2D eigenvalue weighted by Crippen LogP contribution is -2.49. The predicted molar refractivity (Wildman–Crippen MR) is 115 cm³/mol. The van der Waals surface area contributed by atoms with Gasteiger partial charge in [-0.15, -0.1) is 0 Å². The second kappa shape index (κ2) is 12.4. The summed E-state index contributed by atoms with van der Waals surface area (Å²) in [5, 5.41) is 6.49. The van der Waals surface area contributed by atoms with Crippen LogP contribution >= 0.6 is 58.0 Å². The van der Waals surface area contributed by atoms with Crippen LogP contribution in [0.3, 0.4) is 0 Å². The molecule has 0 saturated heterocycles. The van der Waals surface area contributed by atoms with Gasteiger partial charge in [0.15, 0.2) is 0 Å². The summed E-state index contributed by atoms with van der Waals surface area (Å²) in [6.07, 6.45) is 7.46. The molecule has 1 atom stereocenters. The fraction of sp³-hybridized carbons (Fsp3) is 0.611. The van der Waals surface area contributed by atoms with E-state index in [2.05, 4.69) is 17.6 Å². The van der Waals surface area contributed by atoms with Gasteiger partial charge in [0.05, 0.1) is 10.0 Å². The second-order valence-corrected chi connectivity index (χ2v) is 9.37. The molecule has 26 heavy (non-hydrogen) atoms. The van der Waals surface area contributed by atoms with Crippen LogP contribution in [0, 0.1) is 0 Å². The van der Waals surface area contributed by atoms with Crippen molar-refractivity contribution in [1.29, 1.82) is 0 Å². The van der Waals surface area contributed by atoms with E-state index in [4.69, 9.17) is 58.0 Å². The van der Waals surface area contributed by atoms with E-state index < -0.39 is 9.96 Å². The number of carbonyl (C=O) groups is 1. The van der Waals surface area contributed by atoms with Crippen molar-refractivity contribution in [1.82, 2.24) is 5.32 Å². The Hall–Kier alpha value is -0.0600. The highest BCUT2D eigenvalue weighted by Gasteiger charge is 2.34. The Balaban J connectivity index is 2.46. The highest BCUT2D eigenvalue weighted by Crippen LogP contribution is 2.32. The van der Waals surface area contributed by atoms with E-state index in [1.54, 1.807) is 18.2 Å². The number of halogens is 5. The van der Waals surface area contributed by atoms with Crippen molar-refractivity contribution in [2.45, 2.75) is 68.2 Å². The zero-order valence-electron chi connectivity index (χ0n) is 14.8. The van der Waals surface area contributed by atoms with Crippen molar-refractivity contribution in [3.8, 4) is 0 Å². The van der Waals surface area contributed by atoms with E-state index in [-0.39, 0.29) is 5.91 Å². The average molecular weight is 463 g/mol. The van der Waals surface area contributed by atoms with E-state index in [1.807, 2.05) is 0 Å². The van der Waals surface area contributed by atoms with E-state index in [9.17, 15) is 4.79 Å². The standard InChI is InChI=1S/C18H25Cl5N2O/c1-2-3-4-5-6-7-8-9-16(26)25-17(18(21,22)23)24-13-10-11-14(19)15(20)12-13/h10-12,17,24H,2-9H2,1H3,(H,25,26)/t17-/m1/s1. The number of benzene rings is 1. The second-order valence-electron chi connectivity index (χ2n) is 6.19. The topological polar surface area (TPSA) is 41.1 Å². The molecular weight excluding hydrogens is 437 g/mol. The van der Waals surface area contributed by atoms with Gasteiger partial charge in [-0.3, -0.25) is 4.79 Å². The lowest BCUT2D eigenvalue weighted by Gasteiger charge is -2.27. The van der Waals surface area contributed by atoms with Crippen LogP contribution in [0.15, 0.2) is 18.2 Å². The minimum absolute atomic E-state index is 0.164. The molecule has 1 rings (SSSR count). The number of unbranched alkanes of at least 4 members (excludes halogenated alkanes) is 6. The highest BCUT2D eigenvalue weighted by atomic mass is 35.6. The summed E-state index contributed by atoms with van der Waals surface area (Å²) in [4.78, 5) is 12.2. The van der Waals surface area contributed by atoms with Gasteiger partial charge in [0.1, 0.15) is 6.17 Å². The molecule has 0 radical (unpaired) electrons. The molecule has 0 aromatic heterocycles. The Bertz CT molecular complexity index is 563. The largest absolute Gasteiger partial charge is 0.362 e. The molecule has 8 heteroatoms. The van der Waals surface area contributed by atoms with Crippen LogP contribution in [0.2, 0.25) is 10.0 Å². The number of alkyl halides is 3. The molecule has 0 aliphatic carbocycles. The lowest BCUT2D eigenvalue weighted by atomic mass is 10.1. The van der Waals surface area contributed by atoms with Crippen LogP contribution in [0.5, 0.6) is 0 Å². The summed E-state index contributed by atoms with van der Waals surface area (Å²) in [5.41, 5.74) is 0.590. The number of rotatable bonds is 11. The molecule has 0 fully saturated rings. The Labute approximate surface area is 181 Å². The maximum Gasteiger partial charge on any atom is 0.228 e. The van der Waals surface area contributed by atoms with Crippen molar-refractivity contribution >= 4 is 69.6 Å². The first-order valence-electron chi connectivity index (χ1n) is 8.81. The summed E-state index contributed by atoms with van der Waals surface area (Å²) in [5.74, 6) is -0.164. The van der Waals surface area contributed by atoms with E-state index in [0.717, 1.165) is 19.3 Å². The third-order valence-corrected chi connectivity index (χ3v) is 5.26. The summed E-state index contributed by atoms with van der Waals surface area (Å²) < 4.78 is -1.72. The molecule has 0 aliphatic heterocycles. The highest BCUT2D eigenvalue weighted by molar-refractivity contribution is 6.68. The number of nitrogens with one attached hydrogen (secondary N) is 2. The Morgan fingerprint density at radius 1 is 1.00 bits per heavy atom. The summed E-state index contributed by atoms with van der Waals surface area (Å²) in [7, 11) is 0. The van der Waals surface area contributed by atoms with Crippen molar-refractivity contribution in [3.05, 3.63) is 28.2 Å². The van der Waals surface area contributed by atoms with E-state index in [1.165, 1.54) is 25.7 Å². The fourth-order valence-electron chi connectivity index (χ4n) is 2.43. The smallest absolute Gasteiger partial charge is 0.228 e. The van der Waals surface area contributed by atoms with E-state index in [0.29, 0.717) is 22.2 Å². The molecule has 1 amide bonds. The molecule has 0 heterocycles. The van der Waals surface area contributed by atoms with Gasteiger partial charge >= 0.3 is 0 Å². The first-order chi connectivity index (χ1) is 12.2. The van der Waals surface area contributed by atoms with Crippen LogP contribution in [-0.2, 0) is 4.79 Å². The molecule has 0 saturated carbocycles. The van der Waals surface area contributed by atoms with Gasteiger partial charge < -0.3 is 10.6 Å². The van der Waals surface area contributed by atoms with Gasteiger partial charge in [-0.1, -0.05) is 103 Å². The SMILES string of the molecule is CCCCCCCCCC(=O)N[C@@H](Nc1ccc(Cl)c(Cl)c1)C(Cl)(Cl)Cl. The molecule has 0 spiro atoms. The first kappa shape index (κ1) is 24.0. The predicted octanol–water partition coefficient (Wildman–Crippen LogP) is 7.36. The lowest BCUT2D eigenvalue weighted by molar-refractivity contribution is -0.121. The molecule has 0 unspecified atom stereocenters. The van der Waals surface area contributed by atoms with Crippen LogP contribution in [-0.4, -0.2) is 15.9 Å². The molecule has 1 aromatic carbocycles. The Kier molecular flexibility index (Phi) is 11.4. The minimum Gasteiger partial charge on any atom is -0.362 e. The minimum atomic E-state index is -1.72. The third-order valence-electron chi connectivity index (χ3n) is 3.87. The van der Waals surface area contributed by atoms with E-state index >= 15 is 0 Å². The van der Waals surface area contributed by atoms with Crippen LogP contribution in [0.1, 0.15) is 58.3 Å². The van der Waals surface area contributed by atoms with Gasteiger partial charge in [-0.2, -0.15) is 0 Å². The Morgan fingerprint density at radius 3 is 2.19 bits per heavy atom. The molecule has 1 aromatic rings. The number of carbonyl (C=O) groups excluding carboxylic acids is 1. The molecular formula is C18H25Cl5N2O. The molecule has 0 aliphatic rings. The number of amides is 1. The van der Waals surface area contributed by atoms with Crippen LogP contribution < -0.4 is 10.6 Å². The maximum absolute atomic E-state index is 12.2. The van der Waals surface area contributed by atoms with Gasteiger partial charge in [0.25, 0.3) is 0 Å². The monoisotopic (exact) mass is 460 g/mol. The van der Waals surface area contributed by atoms with Crippen LogP contribution in [0.4, 0.5) is 5.69 Å². The third kappa shape index (κ3) is 9.75.